The summed E-state index contributed by atoms with van der Waals surface area (Å²) in [6.45, 7) is 5.96. The summed E-state index contributed by atoms with van der Waals surface area (Å²) in [5.41, 5.74) is 5.62. The van der Waals surface area contributed by atoms with Crippen LogP contribution in [0.4, 0.5) is 0 Å². The highest BCUT2D eigenvalue weighted by atomic mass is 16.4. The number of carbonyl (C=O) groups excluding carboxylic acids is 3. The maximum absolute atomic E-state index is 11.6. The highest BCUT2D eigenvalue weighted by Gasteiger charge is 2.21. The number of carboxylic acids is 1. The molecule has 9 heteroatoms. The molecule has 3 unspecified atom stereocenters. The molecule has 6 N–H and O–H groups in total. The van der Waals surface area contributed by atoms with Crippen molar-refractivity contribution >= 4 is 23.7 Å². The lowest BCUT2D eigenvalue weighted by molar-refractivity contribution is -0.141. The second-order valence-electron chi connectivity index (χ2n) is 5.35. The lowest BCUT2D eigenvalue weighted by Gasteiger charge is -2.18. The summed E-state index contributed by atoms with van der Waals surface area (Å²) in [6, 6.07) is -2.70. The Morgan fingerprint density at radius 1 is 0.955 bits per heavy atom. The van der Waals surface area contributed by atoms with Crippen LogP contribution < -0.4 is 21.7 Å². The van der Waals surface area contributed by atoms with Crippen LogP contribution >= 0.6 is 0 Å². The molecule has 0 aromatic rings. The molecule has 0 aliphatic heterocycles. The van der Waals surface area contributed by atoms with E-state index in [9.17, 15) is 19.2 Å². The van der Waals surface area contributed by atoms with E-state index in [0.717, 1.165) is 0 Å². The van der Waals surface area contributed by atoms with Gasteiger partial charge in [-0.05, 0) is 19.8 Å². The molecule has 9 nitrogen and oxygen atoms in total. The van der Waals surface area contributed by atoms with E-state index in [1.165, 1.54) is 13.8 Å². The summed E-state index contributed by atoms with van der Waals surface area (Å²) in [4.78, 5) is 45.4. The van der Waals surface area contributed by atoms with E-state index in [4.69, 9.17) is 10.8 Å². The largest absolute Gasteiger partial charge is 0.480 e. The summed E-state index contributed by atoms with van der Waals surface area (Å²) in [5.74, 6) is -2.91. The molecule has 0 heterocycles. The van der Waals surface area contributed by atoms with Gasteiger partial charge in [0, 0.05) is 0 Å². The standard InChI is InChI=1S/C13H24N4O5/c1-6(2)10(14)12(20)15-5-9(18)16-7(3)11(19)17-8(4)13(21)22/h6-8,10H,5,14H2,1-4H3,(H,15,20)(H,16,18)(H,17,19)(H,21,22). The number of hydrogen-bond donors (Lipinski definition) is 5. The van der Waals surface area contributed by atoms with Crippen molar-refractivity contribution in [2.24, 2.45) is 11.7 Å². The lowest BCUT2D eigenvalue weighted by atomic mass is 10.1. The highest BCUT2D eigenvalue weighted by molar-refractivity contribution is 5.92. The summed E-state index contributed by atoms with van der Waals surface area (Å²) < 4.78 is 0. The second kappa shape index (κ2) is 8.98. The van der Waals surface area contributed by atoms with E-state index in [0.29, 0.717) is 0 Å². The number of aliphatic carboxylic acids is 1. The van der Waals surface area contributed by atoms with Gasteiger partial charge in [-0.25, -0.2) is 0 Å². The van der Waals surface area contributed by atoms with Crippen molar-refractivity contribution in [2.75, 3.05) is 6.54 Å². The molecule has 0 spiro atoms. The zero-order chi connectivity index (χ0) is 17.4. The van der Waals surface area contributed by atoms with Gasteiger partial charge in [0.15, 0.2) is 0 Å². The number of nitrogens with one attached hydrogen (secondary N) is 3. The van der Waals surface area contributed by atoms with E-state index in [1.807, 2.05) is 0 Å². The van der Waals surface area contributed by atoms with Crippen LogP contribution in [0.1, 0.15) is 27.7 Å². The van der Waals surface area contributed by atoms with E-state index < -0.39 is 41.8 Å². The van der Waals surface area contributed by atoms with Crippen LogP contribution in [0.25, 0.3) is 0 Å². The molecular formula is C13H24N4O5. The fourth-order valence-corrected chi connectivity index (χ4v) is 1.35. The topological polar surface area (TPSA) is 151 Å². The third-order valence-corrected chi connectivity index (χ3v) is 2.94. The maximum Gasteiger partial charge on any atom is 0.325 e. The smallest absolute Gasteiger partial charge is 0.325 e. The first-order chi connectivity index (χ1) is 10.1. The Balaban J connectivity index is 4.23. The minimum absolute atomic E-state index is 0.0646. The number of rotatable bonds is 8. The summed E-state index contributed by atoms with van der Waals surface area (Å²) in [6.07, 6.45) is 0. The average Bonchev–Trinajstić information content (AvgIpc) is 2.43. The quantitative estimate of drug-likeness (QED) is 0.356. The predicted molar refractivity (Wildman–Crippen MR) is 78.7 cm³/mol. The molecule has 3 atom stereocenters. The Labute approximate surface area is 129 Å². The van der Waals surface area contributed by atoms with Gasteiger partial charge >= 0.3 is 5.97 Å². The van der Waals surface area contributed by atoms with E-state index in [1.54, 1.807) is 13.8 Å². The molecule has 0 rings (SSSR count). The number of carboxylic acid groups (broad SMARTS) is 1. The third kappa shape index (κ3) is 7.02. The number of nitrogens with two attached hydrogens (primary N) is 1. The molecule has 126 valence electrons. The minimum atomic E-state index is -1.18. The van der Waals surface area contributed by atoms with Crippen molar-refractivity contribution < 1.29 is 24.3 Å². The molecule has 0 aliphatic rings. The number of carbonyl (C=O) groups is 4. The van der Waals surface area contributed by atoms with Crippen molar-refractivity contribution in [3.8, 4) is 0 Å². The molecule has 0 fully saturated rings. The maximum atomic E-state index is 11.6. The molecule has 0 aromatic heterocycles. The van der Waals surface area contributed by atoms with Gasteiger partial charge in [0.05, 0.1) is 12.6 Å². The van der Waals surface area contributed by atoms with Crippen LogP contribution in [-0.2, 0) is 19.2 Å². The average molecular weight is 316 g/mol. The summed E-state index contributed by atoms with van der Waals surface area (Å²) >= 11 is 0. The van der Waals surface area contributed by atoms with Crippen LogP contribution in [0.15, 0.2) is 0 Å². The molecule has 3 amide bonds. The normalized spacial score (nSPS) is 14.6. The van der Waals surface area contributed by atoms with Gasteiger partial charge in [-0.15, -0.1) is 0 Å². The Kier molecular flexibility index (Phi) is 8.10. The molecule has 0 bridgehead atoms. The Morgan fingerprint density at radius 2 is 1.50 bits per heavy atom. The van der Waals surface area contributed by atoms with Gasteiger partial charge in [0.1, 0.15) is 12.1 Å². The highest BCUT2D eigenvalue weighted by Crippen LogP contribution is 1.97. The monoisotopic (exact) mass is 316 g/mol. The second-order valence-corrected chi connectivity index (χ2v) is 5.35. The van der Waals surface area contributed by atoms with Crippen LogP contribution in [0.3, 0.4) is 0 Å². The van der Waals surface area contributed by atoms with Crippen molar-refractivity contribution in [2.45, 2.75) is 45.8 Å². The van der Waals surface area contributed by atoms with Crippen LogP contribution in [-0.4, -0.2) is 53.5 Å². The minimum Gasteiger partial charge on any atom is -0.480 e. The van der Waals surface area contributed by atoms with E-state index in [2.05, 4.69) is 16.0 Å². The predicted octanol–water partition coefficient (Wildman–Crippen LogP) is -1.82. The third-order valence-electron chi connectivity index (χ3n) is 2.94. The first-order valence-electron chi connectivity index (χ1n) is 6.92. The summed E-state index contributed by atoms with van der Waals surface area (Å²) in [5, 5.41) is 15.6. The van der Waals surface area contributed by atoms with Gasteiger partial charge in [-0.1, -0.05) is 13.8 Å². The SMILES string of the molecule is CC(NC(=O)C(C)NC(=O)CNC(=O)C(N)C(C)C)C(=O)O. The van der Waals surface area contributed by atoms with Crippen LogP contribution in [0.2, 0.25) is 0 Å². The van der Waals surface area contributed by atoms with E-state index in [-0.39, 0.29) is 12.5 Å². The van der Waals surface area contributed by atoms with Crippen molar-refractivity contribution in [1.82, 2.24) is 16.0 Å². The van der Waals surface area contributed by atoms with Crippen molar-refractivity contribution in [1.29, 1.82) is 0 Å². The van der Waals surface area contributed by atoms with Gasteiger partial charge < -0.3 is 26.8 Å². The molecule has 0 aliphatic carbocycles. The molecular weight excluding hydrogens is 292 g/mol. The molecule has 0 saturated heterocycles. The summed E-state index contributed by atoms with van der Waals surface area (Å²) in [7, 11) is 0. The van der Waals surface area contributed by atoms with E-state index >= 15 is 0 Å². The number of hydrogen-bond acceptors (Lipinski definition) is 5. The molecule has 0 radical (unpaired) electrons. The lowest BCUT2D eigenvalue weighted by Crippen LogP contribution is -2.52. The van der Waals surface area contributed by atoms with Crippen LogP contribution in [0, 0.1) is 5.92 Å². The zero-order valence-electron chi connectivity index (χ0n) is 13.2. The van der Waals surface area contributed by atoms with Crippen molar-refractivity contribution in [3.63, 3.8) is 0 Å². The molecule has 0 saturated carbocycles. The fourth-order valence-electron chi connectivity index (χ4n) is 1.35. The molecule has 22 heavy (non-hydrogen) atoms. The van der Waals surface area contributed by atoms with Gasteiger partial charge in [-0.3, -0.25) is 19.2 Å². The molecule has 0 aromatic carbocycles. The Bertz CT molecular complexity index is 438. The first kappa shape index (κ1) is 19.8. The zero-order valence-corrected chi connectivity index (χ0v) is 13.2. The Morgan fingerprint density at radius 3 is 1.95 bits per heavy atom. The van der Waals surface area contributed by atoms with Gasteiger partial charge in [0.25, 0.3) is 0 Å². The van der Waals surface area contributed by atoms with Crippen LogP contribution in [0.5, 0.6) is 0 Å². The Hall–Kier alpha value is -2.16. The van der Waals surface area contributed by atoms with Gasteiger partial charge in [-0.2, -0.15) is 0 Å². The number of amides is 3. The van der Waals surface area contributed by atoms with Gasteiger partial charge in [0.2, 0.25) is 17.7 Å². The first-order valence-corrected chi connectivity index (χ1v) is 6.92. The van der Waals surface area contributed by atoms with Crippen molar-refractivity contribution in [3.05, 3.63) is 0 Å². The fraction of sp³-hybridized carbons (Fsp3) is 0.692.